The zero-order chi connectivity index (χ0) is 18.8. The van der Waals surface area contributed by atoms with Gasteiger partial charge in [-0.2, -0.15) is 5.01 Å². The molecule has 3 aliphatic rings. The Morgan fingerprint density at radius 3 is 2.31 bits per heavy atom. The van der Waals surface area contributed by atoms with E-state index in [4.69, 9.17) is 11.6 Å². The lowest BCUT2D eigenvalue weighted by Crippen LogP contribution is -2.50. The SMILES string of the molecule is CC(C)(C)C(=O)NN1C(=O)[C@@H]2[C@H]3C[C@H](C[C@@H]3c3ccc(Cl)cc3)[C@@H]2C1=O. The standard InChI is InChI=1S/C20H23ClN2O3/c1-20(2,3)19(26)22-23-17(24)15-11-8-13(10-4-6-12(21)7-5-10)14(9-11)16(15)18(23)25/h4-7,11,13-16H,8-9H2,1-3H3,(H,22,26)/t11-,13+,14-,15-,16+/m0/s1. The quantitative estimate of drug-likeness (QED) is 0.809. The summed E-state index contributed by atoms with van der Waals surface area (Å²) in [5.41, 5.74) is 3.07. The predicted molar refractivity (Wildman–Crippen MR) is 96.8 cm³/mol. The molecular weight excluding hydrogens is 352 g/mol. The van der Waals surface area contributed by atoms with Crippen LogP contribution in [0, 0.1) is 29.1 Å². The van der Waals surface area contributed by atoms with Crippen molar-refractivity contribution in [2.75, 3.05) is 0 Å². The smallest absolute Gasteiger partial charge is 0.252 e. The average molecular weight is 375 g/mol. The van der Waals surface area contributed by atoms with E-state index in [0.29, 0.717) is 5.02 Å². The molecule has 0 spiro atoms. The van der Waals surface area contributed by atoms with E-state index >= 15 is 0 Å². The van der Waals surface area contributed by atoms with Crippen LogP contribution in [0.15, 0.2) is 24.3 Å². The topological polar surface area (TPSA) is 66.5 Å². The zero-order valence-electron chi connectivity index (χ0n) is 15.2. The van der Waals surface area contributed by atoms with Gasteiger partial charge in [-0.15, -0.1) is 0 Å². The van der Waals surface area contributed by atoms with Crippen molar-refractivity contribution in [1.82, 2.24) is 10.4 Å². The van der Waals surface area contributed by atoms with Crippen molar-refractivity contribution in [3.05, 3.63) is 34.9 Å². The molecular formula is C20H23ClN2O3. The lowest BCUT2D eigenvalue weighted by Gasteiger charge is -2.28. The number of benzene rings is 1. The van der Waals surface area contributed by atoms with Crippen molar-refractivity contribution in [1.29, 1.82) is 0 Å². The molecule has 1 aromatic carbocycles. The minimum absolute atomic E-state index is 0.152. The maximum atomic E-state index is 12.9. The summed E-state index contributed by atoms with van der Waals surface area (Å²) in [6.45, 7) is 5.28. The van der Waals surface area contributed by atoms with Crippen LogP contribution in [-0.4, -0.2) is 22.7 Å². The minimum Gasteiger partial charge on any atom is -0.273 e. The molecule has 1 heterocycles. The first-order chi connectivity index (χ1) is 12.2. The summed E-state index contributed by atoms with van der Waals surface area (Å²) in [4.78, 5) is 38.0. The van der Waals surface area contributed by atoms with Crippen molar-refractivity contribution < 1.29 is 14.4 Å². The minimum atomic E-state index is -0.664. The van der Waals surface area contributed by atoms with Crippen molar-refractivity contribution in [3.63, 3.8) is 0 Å². The highest BCUT2D eigenvalue weighted by Gasteiger charge is 2.64. The maximum Gasteiger partial charge on any atom is 0.252 e. The summed E-state index contributed by atoms with van der Waals surface area (Å²) in [6.07, 6.45) is 1.81. The molecule has 5 atom stereocenters. The van der Waals surface area contributed by atoms with Gasteiger partial charge in [0.1, 0.15) is 0 Å². The third-order valence-corrected chi connectivity index (χ3v) is 6.46. The molecule has 5 nitrogen and oxygen atoms in total. The fourth-order valence-electron chi connectivity index (χ4n) is 4.93. The second-order valence-corrected chi connectivity index (χ2v) is 9.24. The molecule has 1 aromatic rings. The normalized spacial score (nSPS) is 32.9. The van der Waals surface area contributed by atoms with Gasteiger partial charge in [0.2, 0.25) is 5.91 Å². The van der Waals surface area contributed by atoms with Gasteiger partial charge in [0.25, 0.3) is 11.8 Å². The van der Waals surface area contributed by atoms with Gasteiger partial charge in [-0.3, -0.25) is 19.8 Å². The fourth-order valence-corrected chi connectivity index (χ4v) is 5.06. The molecule has 1 N–H and O–H groups in total. The number of fused-ring (bicyclic) bond motifs is 5. The molecule has 0 aromatic heterocycles. The third-order valence-electron chi connectivity index (χ3n) is 6.21. The van der Waals surface area contributed by atoms with Crippen LogP contribution in [-0.2, 0) is 14.4 Å². The number of rotatable bonds is 2. The van der Waals surface area contributed by atoms with E-state index in [1.165, 1.54) is 5.56 Å². The Kier molecular flexibility index (Phi) is 3.92. The summed E-state index contributed by atoms with van der Waals surface area (Å²) in [7, 11) is 0. The molecule has 6 heteroatoms. The largest absolute Gasteiger partial charge is 0.273 e. The molecule has 2 bridgehead atoms. The highest BCUT2D eigenvalue weighted by atomic mass is 35.5. The van der Waals surface area contributed by atoms with Crippen LogP contribution < -0.4 is 5.43 Å². The highest BCUT2D eigenvalue weighted by Crippen LogP contribution is 2.61. The predicted octanol–water partition coefficient (Wildman–Crippen LogP) is 3.14. The van der Waals surface area contributed by atoms with Gasteiger partial charge in [-0.05, 0) is 48.3 Å². The Bertz CT molecular complexity index is 783. The van der Waals surface area contributed by atoms with Gasteiger partial charge in [0.15, 0.2) is 0 Å². The molecule has 4 rings (SSSR count). The molecule has 3 fully saturated rings. The molecule has 1 saturated heterocycles. The van der Waals surface area contributed by atoms with Crippen molar-refractivity contribution in [2.45, 2.75) is 39.5 Å². The molecule has 3 amide bonds. The summed E-state index contributed by atoms with van der Waals surface area (Å²) >= 11 is 5.99. The Hall–Kier alpha value is -1.88. The Balaban J connectivity index is 1.57. The number of amides is 3. The van der Waals surface area contributed by atoms with Crippen molar-refractivity contribution >= 4 is 29.3 Å². The summed E-state index contributed by atoms with van der Waals surface area (Å²) in [6, 6.07) is 7.78. The summed E-state index contributed by atoms with van der Waals surface area (Å²) in [5, 5.41) is 1.68. The fraction of sp³-hybridized carbons (Fsp3) is 0.550. The van der Waals surface area contributed by atoms with E-state index in [0.717, 1.165) is 17.9 Å². The molecule has 138 valence electrons. The summed E-state index contributed by atoms with van der Waals surface area (Å²) < 4.78 is 0. The number of carbonyl (C=O) groups is 3. The van der Waals surface area contributed by atoms with E-state index in [2.05, 4.69) is 5.43 Å². The zero-order valence-corrected chi connectivity index (χ0v) is 15.9. The van der Waals surface area contributed by atoms with Gasteiger partial charge in [-0.25, -0.2) is 0 Å². The maximum absolute atomic E-state index is 12.9. The Morgan fingerprint density at radius 2 is 1.69 bits per heavy atom. The van der Waals surface area contributed by atoms with Crippen LogP contribution in [0.25, 0.3) is 0 Å². The van der Waals surface area contributed by atoms with E-state index in [-0.39, 0.29) is 47.3 Å². The van der Waals surface area contributed by atoms with Crippen LogP contribution in [0.5, 0.6) is 0 Å². The lowest BCUT2D eigenvalue weighted by atomic mass is 9.73. The van der Waals surface area contributed by atoms with Gasteiger partial charge >= 0.3 is 0 Å². The van der Waals surface area contributed by atoms with Crippen LogP contribution in [0.3, 0.4) is 0 Å². The average Bonchev–Trinajstić information content (AvgIpc) is 3.22. The summed E-state index contributed by atoms with van der Waals surface area (Å²) in [5.74, 6) is -0.769. The Morgan fingerprint density at radius 1 is 1.08 bits per heavy atom. The number of nitrogens with zero attached hydrogens (tertiary/aromatic N) is 1. The van der Waals surface area contributed by atoms with E-state index in [9.17, 15) is 14.4 Å². The van der Waals surface area contributed by atoms with Crippen LogP contribution in [0.4, 0.5) is 0 Å². The number of nitrogens with one attached hydrogen (secondary N) is 1. The number of hydrazine groups is 1. The monoisotopic (exact) mass is 374 g/mol. The van der Waals surface area contributed by atoms with Crippen molar-refractivity contribution in [2.24, 2.45) is 29.1 Å². The first-order valence-electron chi connectivity index (χ1n) is 9.13. The second kappa shape index (κ2) is 5.81. The van der Waals surface area contributed by atoms with Gasteiger partial charge in [0, 0.05) is 10.4 Å². The Labute approximate surface area is 158 Å². The molecule has 1 aliphatic heterocycles. The second-order valence-electron chi connectivity index (χ2n) is 8.81. The number of hydrogen-bond donors (Lipinski definition) is 1. The van der Waals surface area contributed by atoms with Crippen LogP contribution in [0.2, 0.25) is 5.02 Å². The van der Waals surface area contributed by atoms with E-state index in [1.54, 1.807) is 20.8 Å². The molecule has 0 radical (unpaired) electrons. The first kappa shape index (κ1) is 17.5. The number of carbonyl (C=O) groups excluding carboxylic acids is 3. The van der Waals surface area contributed by atoms with Gasteiger partial charge in [-0.1, -0.05) is 44.5 Å². The highest BCUT2D eigenvalue weighted by molar-refractivity contribution is 6.30. The molecule has 2 saturated carbocycles. The number of hydrogen-bond acceptors (Lipinski definition) is 3. The molecule has 2 aliphatic carbocycles. The number of halogens is 1. The van der Waals surface area contributed by atoms with Crippen molar-refractivity contribution in [3.8, 4) is 0 Å². The number of imide groups is 1. The first-order valence-corrected chi connectivity index (χ1v) is 9.50. The third kappa shape index (κ3) is 2.56. The molecule has 0 unspecified atom stereocenters. The lowest BCUT2D eigenvalue weighted by molar-refractivity contribution is -0.152. The van der Waals surface area contributed by atoms with E-state index in [1.807, 2.05) is 24.3 Å². The van der Waals surface area contributed by atoms with Gasteiger partial charge < -0.3 is 0 Å². The van der Waals surface area contributed by atoms with E-state index < -0.39 is 5.41 Å². The van der Waals surface area contributed by atoms with Crippen LogP contribution in [0.1, 0.15) is 45.1 Å². The van der Waals surface area contributed by atoms with Gasteiger partial charge in [0.05, 0.1) is 11.8 Å². The molecule has 26 heavy (non-hydrogen) atoms. The van der Waals surface area contributed by atoms with Crippen LogP contribution >= 0.6 is 11.6 Å².